The van der Waals surface area contributed by atoms with Gasteiger partial charge in [-0.2, -0.15) is 4.31 Å². The second kappa shape index (κ2) is 8.16. The van der Waals surface area contributed by atoms with E-state index in [-0.39, 0.29) is 11.3 Å². The summed E-state index contributed by atoms with van der Waals surface area (Å²) in [6, 6.07) is 7.43. The molecular formula is C19H21ClN4O3S2. The number of aromatic amines is 1. The van der Waals surface area contributed by atoms with Gasteiger partial charge in [-0.25, -0.2) is 13.4 Å². The van der Waals surface area contributed by atoms with Crippen molar-refractivity contribution in [2.24, 2.45) is 0 Å². The summed E-state index contributed by atoms with van der Waals surface area (Å²) in [6.45, 7) is 4.26. The molecule has 0 saturated carbocycles. The smallest absolute Gasteiger partial charge is 0.260 e. The van der Waals surface area contributed by atoms with E-state index in [4.69, 9.17) is 11.6 Å². The molecule has 0 bridgehead atoms. The van der Waals surface area contributed by atoms with E-state index in [1.807, 2.05) is 23.6 Å². The van der Waals surface area contributed by atoms with Crippen molar-refractivity contribution in [2.45, 2.75) is 13.5 Å². The molecule has 2 aromatic heterocycles. The van der Waals surface area contributed by atoms with Crippen molar-refractivity contribution in [1.82, 2.24) is 19.2 Å². The normalized spacial score (nSPS) is 16.5. The SMILES string of the molecule is CCS(=O)(=O)N1CCN(Cc2nc3scc(-c4ccccc4Cl)c3c(=O)[nH]2)CC1. The first-order valence-corrected chi connectivity index (χ1v) is 12.2. The van der Waals surface area contributed by atoms with Crippen molar-refractivity contribution in [3.05, 3.63) is 50.8 Å². The van der Waals surface area contributed by atoms with Crippen LogP contribution in [0.4, 0.5) is 0 Å². The first kappa shape index (κ1) is 20.5. The maximum absolute atomic E-state index is 12.8. The molecule has 154 valence electrons. The summed E-state index contributed by atoms with van der Waals surface area (Å²) >= 11 is 7.72. The summed E-state index contributed by atoms with van der Waals surface area (Å²) < 4.78 is 25.5. The third-order valence-electron chi connectivity index (χ3n) is 5.12. The fraction of sp³-hybridized carbons (Fsp3) is 0.368. The topological polar surface area (TPSA) is 86.4 Å². The van der Waals surface area contributed by atoms with E-state index in [0.717, 1.165) is 11.1 Å². The standard InChI is InChI=1S/C19H21ClN4O3S2/c1-2-29(26,27)24-9-7-23(8-10-24)11-16-21-18(25)17-14(12-28-19(17)22-16)13-5-3-4-6-15(13)20/h3-6,12H,2,7-11H2,1H3,(H,21,22,25). The van der Waals surface area contributed by atoms with E-state index in [1.165, 1.54) is 15.6 Å². The van der Waals surface area contributed by atoms with Gasteiger partial charge in [-0.05, 0) is 13.0 Å². The Morgan fingerprint density at radius 1 is 1.17 bits per heavy atom. The molecule has 0 atom stereocenters. The Hall–Kier alpha value is -1.78. The quantitative estimate of drug-likeness (QED) is 0.643. The van der Waals surface area contributed by atoms with Gasteiger partial charge in [0.2, 0.25) is 10.0 Å². The summed E-state index contributed by atoms with van der Waals surface area (Å²) in [5.74, 6) is 0.701. The number of H-pyrrole nitrogens is 1. The highest BCUT2D eigenvalue weighted by Gasteiger charge is 2.26. The maximum Gasteiger partial charge on any atom is 0.260 e. The van der Waals surface area contributed by atoms with Crippen molar-refractivity contribution >= 4 is 43.2 Å². The first-order chi connectivity index (χ1) is 13.9. The van der Waals surface area contributed by atoms with Crippen LogP contribution in [-0.2, 0) is 16.6 Å². The average molecular weight is 453 g/mol. The predicted molar refractivity (Wildman–Crippen MR) is 117 cm³/mol. The molecule has 0 spiro atoms. The van der Waals surface area contributed by atoms with Crippen LogP contribution in [0.2, 0.25) is 5.02 Å². The zero-order valence-electron chi connectivity index (χ0n) is 15.9. The summed E-state index contributed by atoms with van der Waals surface area (Å²) in [7, 11) is -3.16. The van der Waals surface area contributed by atoms with Crippen LogP contribution in [0.15, 0.2) is 34.4 Å². The molecule has 0 unspecified atom stereocenters. The predicted octanol–water partition coefficient (Wildman–Crippen LogP) is 2.77. The van der Waals surface area contributed by atoms with Gasteiger partial charge < -0.3 is 4.98 Å². The number of nitrogens with zero attached hydrogens (tertiary/aromatic N) is 3. The highest BCUT2D eigenvalue weighted by atomic mass is 35.5. The zero-order chi connectivity index (χ0) is 20.6. The van der Waals surface area contributed by atoms with Gasteiger partial charge in [-0.3, -0.25) is 9.69 Å². The van der Waals surface area contributed by atoms with E-state index >= 15 is 0 Å². The fourth-order valence-corrected chi connectivity index (χ4v) is 5.79. The van der Waals surface area contributed by atoms with Crippen LogP contribution in [0.1, 0.15) is 12.7 Å². The van der Waals surface area contributed by atoms with Gasteiger partial charge in [-0.1, -0.05) is 29.8 Å². The molecule has 10 heteroatoms. The first-order valence-electron chi connectivity index (χ1n) is 9.34. The Balaban J connectivity index is 1.55. The molecule has 0 radical (unpaired) electrons. The zero-order valence-corrected chi connectivity index (χ0v) is 18.3. The number of sulfonamides is 1. The lowest BCUT2D eigenvalue weighted by Crippen LogP contribution is -2.48. The van der Waals surface area contributed by atoms with E-state index in [2.05, 4.69) is 14.9 Å². The summed E-state index contributed by atoms with van der Waals surface area (Å²) in [5.41, 5.74) is 1.41. The van der Waals surface area contributed by atoms with Gasteiger partial charge in [0.15, 0.2) is 0 Å². The van der Waals surface area contributed by atoms with Crippen LogP contribution in [-0.4, -0.2) is 59.5 Å². The van der Waals surface area contributed by atoms with Crippen LogP contribution in [0.3, 0.4) is 0 Å². The molecule has 1 aliphatic rings. The Kier molecular flexibility index (Phi) is 5.76. The number of nitrogens with one attached hydrogen (secondary N) is 1. The van der Waals surface area contributed by atoms with Crippen LogP contribution >= 0.6 is 22.9 Å². The fourth-order valence-electron chi connectivity index (χ4n) is 3.51. The van der Waals surface area contributed by atoms with Crippen molar-refractivity contribution in [3.8, 4) is 11.1 Å². The van der Waals surface area contributed by atoms with Gasteiger partial charge in [0.05, 0.1) is 17.7 Å². The molecule has 1 fully saturated rings. The van der Waals surface area contributed by atoms with Gasteiger partial charge in [0.25, 0.3) is 5.56 Å². The number of aromatic nitrogens is 2. The number of fused-ring (bicyclic) bond motifs is 1. The highest BCUT2D eigenvalue weighted by molar-refractivity contribution is 7.89. The molecule has 4 rings (SSSR count). The minimum atomic E-state index is -3.16. The molecule has 1 N–H and O–H groups in total. The van der Waals surface area contributed by atoms with E-state index < -0.39 is 10.0 Å². The van der Waals surface area contributed by atoms with Crippen molar-refractivity contribution in [3.63, 3.8) is 0 Å². The van der Waals surface area contributed by atoms with E-state index in [0.29, 0.717) is 53.8 Å². The monoisotopic (exact) mass is 452 g/mol. The number of halogens is 1. The molecule has 0 amide bonds. The Morgan fingerprint density at radius 3 is 2.59 bits per heavy atom. The molecule has 7 nitrogen and oxygen atoms in total. The maximum atomic E-state index is 12.8. The number of hydrogen-bond donors (Lipinski definition) is 1. The van der Waals surface area contributed by atoms with Gasteiger partial charge in [0, 0.05) is 47.7 Å². The summed E-state index contributed by atoms with van der Waals surface area (Å²) in [6.07, 6.45) is 0. The number of benzene rings is 1. The highest BCUT2D eigenvalue weighted by Crippen LogP contribution is 2.34. The van der Waals surface area contributed by atoms with Crippen LogP contribution in [0.25, 0.3) is 21.3 Å². The lowest BCUT2D eigenvalue weighted by molar-refractivity contribution is 0.178. The lowest BCUT2D eigenvalue weighted by atomic mass is 10.1. The second-order valence-corrected chi connectivity index (χ2v) is 10.4. The summed E-state index contributed by atoms with van der Waals surface area (Å²) in [5, 5.41) is 3.05. The van der Waals surface area contributed by atoms with Crippen molar-refractivity contribution < 1.29 is 8.42 Å². The van der Waals surface area contributed by atoms with Gasteiger partial charge >= 0.3 is 0 Å². The molecule has 3 heterocycles. The molecular weight excluding hydrogens is 432 g/mol. The third-order valence-corrected chi connectivity index (χ3v) is 8.20. The number of hydrogen-bond acceptors (Lipinski definition) is 6. The summed E-state index contributed by atoms with van der Waals surface area (Å²) in [4.78, 5) is 23.1. The minimum absolute atomic E-state index is 0.116. The van der Waals surface area contributed by atoms with Crippen molar-refractivity contribution in [1.29, 1.82) is 0 Å². The molecule has 3 aromatic rings. The van der Waals surface area contributed by atoms with Crippen molar-refractivity contribution in [2.75, 3.05) is 31.9 Å². The number of piperazine rings is 1. The number of thiophene rings is 1. The lowest BCUT2D eigenvalue weighted by Gasteiger charge is -2.33. The Labute approximate surface area is 178 Å². The largest absolute Gasteiger partial charge is 0.309 e. The Morgan fingerprint density at radius 2 is 1.90 bits per heavy atom. The van der Waals surface area contributed by atoms with E-state index in [1.54, 1.807) is 13.0 Å². The van der Waals surface area contributed by atoms with Crippen LogP contribution < -0.4 is 5.56 Å². The molecule has 1 saturated heterocycles. The number of rotatable bonds is 5. The van der Waals surface area contributed by atoms with E-state index in [9.17, 15) is 13.2 Å². The Bertz CT molecular complexity index is 1200. The third kappa shape index (κ3) is 4.10. The molecule has 29 heavy (non-hydrogen) atoms. The van der Waals surface area contributed by atoms with Gasteiger partial charge in [0.1, 0.15) is 10.7 Å². The minimum Gasteiger partial charge on any atom is -0.309 e. The molecule has 0 aliphatic carbocycles. The molecule has 1 aromatic carbocycles. The molecule has 1 aliphatic heterocycles. The average Bonchev–Trinajstić information content (AvgIpc) is 3.13. The second-order valence-electron chi connectivity index (χ2n) is 6.90. The van der Waals surface area contributed by atoms with Crippen LogP contribution in [0, 0.1) is 0 Å². The van der Waals surface area contributed by atoms with Gasteiger partial charge in [-0.15, -0.1) is 11.3 Å². The van der Waals surface area contributed by atoms with Crippen LogP contribution in [0.5, 0.6) is 0 Å².